The Balaban J connectivity index is 2.02. The van der Waals surface area contributed by atoms with E-state index in [4.69, 9.17) is 0 Å². The van der Waals surface area contributed by atoms with Gasteiger partial charge in [0.25, 0.3) is 5.91 Å². The maximum atomic E-state index is 12.0. The summed E-state index contributed by atoms with van der Waals surface area (Å²) in [6.45, 7) is 2.26. The Hall–Kier alpha value is -1.81. The van der Waals surface area contributed by atoms with Gasteiger partial charge in [0.2, 0.25) is 0 Å². The number of aromatic hydroxyl groups is 1. The van der Waals surface area contributed by atoms with Crippen molar-refractivity contribution in [2.24, 2.45) is 0 Å². The van der Waals surface area contributed by atoms with Gasteiger partial charge in [-0.3, -0.25) is 4.79 Å². The molecule has 2 aromatic carbocycles. The Morgan fingerprint density at radius 1 is 1.20 bits per heavy atom. The fourth-order valence-electron chi connectivity index (χ4n) is 1.90. The number of hydrogen-bond acceptors (Lipinski definition) is 2. The Morgan fingerprint density at radius 3 is 2.65 bits per heavy atom. The van der Waals surface area contributed by atoms with Gasteiger partial charge >= 0.3 is 0 Å². The van der Waals surface area contributed by atoms with Crippen LogP contribution in [-0.4, -0.2) is 11.0 Å². The van der Waals surface area contributed by atoms with Crippen molar-refractivity contribution in [3.8, 4) is 5.75 Å². The van der Waals surface area contributed by atoms with E-state index >= 15 is 0 Å². The van der Waals surface area contributed by atoms with Crippen LogP contribution >= 0.6 is 15.9 Å². The molecular formula is C16H16BrNO2. The standard InChI is InChI=1S/C16H16BrNO2/c1-11-7-14(5-6-15(11)19)16(20)18-10-13-4-2-3-12(8-13)9-17/h2-8,19H,9-10H2,1H3,(H,18,20). The zero-order chi connectivity index (χ0) is 14.5. The van der Waals surface area contributed by atoms with Crippen molar-refractivity contribution in [1.29, 1.82) is 0 Å². The highest BCUT2D eigenvalue weighted by atomic mass is 79.9. The minimum absolute atomic E-state index is 0.141. The number of halogens is 1. The second-order valence-corrected chi connectivity index (χ2v) is 5.20. The quantitative estimate of drug-likeness (QED) is 0.841. The number of carbonyl (C=O) groups is 1. The third kappa shape index (κ3) is 3.61. The van der Waals surface area contributed by atoms with Gasteiger partial charge in [-0.25, -0.2) is 0 Å². The van der Waals surface area contributed by atoms with Crippen LogP contribution in [0.2, 0.25) is 0 Å². The minimum atomic E-state index is -0.141. The van der Waals surface area contributed by atoms with Crippen molar-refractivity contribution in [2.45, 2.75) is 18.8 Å². The van der Waals surface area contributed by atoms with Gasteiger partial charge in [-0.1, -0.05) is 40.2 Å². The fourth-order valence-corrected chi connectivity index (χ4v) is 2.25. The van der Waals surface area contributed by atoms with E-state index in [9.17, 15) is 9.90 Å². The van der Waals surface area contributed by atoms with Crippen LogP contribution in [0.25, 0.3) is 0 Å². The first-order valence-corrected chi connectivity index (χ1v) is 7.44. The first-order chi connectivity index (χ1) is 9.60. The minimum Gasteiger partial charge on any atom is -0.508 e. The van der Waals surface area contributed by atoms with Gasteiger partial charge < -0.3 is 10.4 Å². The van der Waals surface area contributed by atoms with Crippen molar-refractivity contribution in [3.63, 3.8) is 0 Å². The highest BCUT2D eigenvalue weighted by molar-refractivity contribution is 9.08. The summed E-state index contributed by atoms with van der Waals surface area (Å²) in [5.74, 6) is 0.0592. The number of amides is 1. The molecule has 0 aromatic heterocycles. The molecule has 2 N–H and O–H groups in total. The Labute approximate surface area is 126 Å². The molecule has 1 amide bonds. The first kappa shape index (κ1) is 14.6. The van der Waals surface area contributed by atoms with E-state index in [1.165, 1.54) is 11.6 Å². The van der Waals surface area contributed by atoms with Gasteiger partial charge in [0, 0.05) is 17.4 Å². The molecule has 104 valence electrons. The SMILES string of the molecule is Cc1cc(C(=O)NCc2cccc(CBr)c2)ccc1O. The van der Waals surface area contributed by atoms with Crippen LogP contribution in [0.15, 0.2) is 42.5 Å². The van der Waals surface area contributed by atoms with Gasteiger partial charge in [0.1, 0.15) is 5.75 Å². The summed E-state index contributed by atoms with van der Waals surface area (Å²) in [7, 11) is 0. The topological polar surface area (TPSA) is 49.3 Å². The van der Waals surface area contributed by atoms with E-state index in [0.717, 1.165) is 10.9 Å². The summed E-state index contributed by atoms with van der Waals surface area (Å²) in [5, 5.41) is 13.1. The monoisotopic (exact) mass is 333 g/mol. The third-order valence-electron chi connectivity index (χ3n) is 3.06. The largest absolute Gasteiger partial charge is 0.508 e. The average Bonchev–Trinajstić information content (AvgIpc) is 2.47. The lowest BCUT2D eigenvalue weighted by Gasteiger charge is -2.08. The van der Waals surface area contributed by atoms with E-state index in [1.54, 1.807) is 19.1 Å². The number of rotatable bonds is 4. The summed E-state index contributed by atoms with van der Waals surface area (Å²) in [6, 6.07) is 12.9. The van der Waals surface area contributed by atoms with Gasteiger partial charge in [-0.05, 0) is 41.8 Å². The highest BCUT2D eigenvalue weighted by Gasteiger charge is 2.07. The van der Waals surface area contributed by atoms with Crippen LogP contribution in [0.1, 0.15) is 27.0 Å². The lowest BCUT2D eigenvalue weighted by molar-refractivity contribution is 0.0951. The third-order valence-corrected chi connectivity index (χ3v) is 3.71. The predicted molar refractivity (Wildman–Crippen MR) is 83.1 cm³/mol. The van der Waals surface area contributed by atoms with Crippen LogP contribution in [0.5, 0.6) is 5.75 Å². The van der Waals surface area contributed by atoms with Crippen LogP contribution in [0.3, 0.4) is 0 Å². The van der Waals surface area contributed by atoms with Gasteiger partial charge in [-0.2, -0.15) is 0 Å². The molecular weight excluding hydrogens is 318 g/mol. The van der Waals surface area contributed by atoms with Crippen molar-refractivity contribution in [2.75, 3.05) is 0 Å². The molecule has 0 unspecified atom stereocenters. The number of phenolic OH excluding ortho intramolecular Hbond substituents is 1. The molecule has 0 spiro atoms. The summed E-state index contributed by atoms with van der Waals surface area (Å²) >= 11 is 3.41. The fraction of sp³-hybridized carbons (Fsp3) is 0.188. The number of alkyl halides is 1. The normalized spacial score (nSPS) is 10.3. The molecule has 2 rings (SSSR count). The molecule has 0 atom stereocenters. The van der Waals surface area contributed by atoms with Gasteiger partial charge in [-0.15, -0.1) is 0 Å². The maximum absolute atomic E-state index is 12.0. The summed E-state index contributed by atoms with van der Waals surface area (Å²) < 4.78 is 0. The van der Waals surface area contributed by atoms with Crippen molar-refractivity contribution in [1.82, 2.24) is 5.32 Å². The zero-order valence-electron chi connectivity index (χ0n) is 11.2. The molecule has 0 bridgehead atoms. The smallest absolute Gasteiger partial charge is 0.251 e. The second-order valence-electron chi connectivity index (χ2n) is 4.64. The molecule has 2 aromatic rings. The molecule has 3 nitrogen and oxygen atoms in total. The van der Waals surface area contributed by atoms with Crippen LogP contribution in [-0.2, 0) is 11.9 Å². The molecule has 0 aliphatic heterocycles. The van der Waals surface area contributed by atoms with Crippen LogP contribution < -0.4 is 5.32 Å². The molecule has 0 fully saturated rings. The molecule has 0 saturated heterocycles. The number of nitrogens with one attached hydrogen (secondary N) is 1. The number of hydrogen-bond donors (Lipinski definition) is 2. The van der Waals surface area contributed by atoms with E-state index in [0.29, 0.717) is 17.7 Å². The molecule has 20 heavy (non-hydrogen) atoms. The zero-order valence-corrected chi connectivity index (χ0v) is 12.8. The summed E-state index contributed by atoms with van der Waals surface area (Å²) in [4.78, 5) is 12.0. The van der Waals surface area contributed by atoms with E-state index in [-0.39, 0.29) is 11.7 Å². The van der Waals surface area contributed by atoms with E-state index < -0.39 is 0 Å². The van der Waals surface area contributed by atoms with Crippen molar-refractivity contribution < 1.29 is 9.90 Å². The lowest BCUT2D eigenvalue weighted by atomic mass is 10.1. The molecule has 0 radical (unpaired) electrons. The Morgan fingerprint density at radius 2 is 1.95 bits per heavy atom. The first-order valence-electron chi connectivity index (χ1n) is 6.32. The average molecular weight is 334 g/mol. The summed E-state index contributed by atoms with van der Waals surface area (Å²) in [5.41, 5.74) is 3.49. The Bertz CT molecular complexity index is 626. The van der Waals surface area contributed by atoms with Crippen molar-refractivity contribution >= 4 is 21.8 Å². The number of aryl methyl sites for hydroxylation is 1. The maximum Gasteiger partial charge on any atom is 0.251 e. The van der Waals surface area contributed by atoms with Crippen molar-refractivity contribution in [3.05, 3.63) is 64.7 Å². The summed E-state index contributed by atoms with van der Waals surface area (Å²) in [6.07, 6.45) is 0. The number of benzene rings is 2. The van der Waals surface area contributed by atoms with Crippen LogP contribution in [0.4, 0.5) is 0 Å². The molecule has 0 saturated carbocycles. The Kier molecular flexibility index (Phi) is 4.79. The lowest BCUT2D eigenvalue weighted by Crippen LogP contribution is -2.22. The number of carbonyl (C=O) groups excluding carboxylic acids is 1. The molecule has 0 aliphatic rings. The van der Waals surface area contributed by atoms with Gasteiger partial charge in [0.05, 0.1) is 0 Å². The van der Waals surface area contributed by atoms with E-state index in [2.05, 4.69) is 27.3 Å². The molecule has 4 heteroatoms. The predicted octanol–water partition coefficient (Wildman–Crippen LogP) is 3.53. The van der Waals surface area contributed by atoms with E-state index in [1.807, 2.05) is 18.2 Å². The van der Waals surface area contributed by atoms with Crippen LogP contribution in [0, 0.1) is 6.92 Å². The second kappa shape index (κ2) is 6.57. The molecule has 0 aliphatic carbocycles. The highest BCUT2D eigenvalue weighted by Crippen LogP contribution is 2.17. The van der Waals surface area contributed by atoms with Gasteiger partial charge in [0.15, 0.2) is 0 Å². The number of phenols is 1. The molecule has 0 heterocycles.